The van der Waals surface area contributed by atoms with Crippen LogP contribution in [-0.4, -0.2) is 57.6 Å². The summed E-state index contributed by atoms with van der Waals surface area (Å²) in [6.07, 6.45) is 1.43. The van der Waals surface area contributed by atoms with Crippen LogP contribution in [-0.2, 0) is 26.2 Å². The van der Waals surface area contributed by atoms with Crippen LogP contribution in [0.1, 0.15) is 38.3 Å². The fourth-order valence-corrected chi connectivity index (χ4v) is 4.52. The highest BCUT2D eigenvalue weighted by molar-refractivity contribution is 7.92. The molecule has 8 nitrogen and oxygen atoms in total. The minimum atomic E-state index is -3.83. The summed E-state index contributed by atoms with van der Waals surface area (Å²) in [6.45, 7) is 8.00. The van der Waals surface area contributed by atoms with Crippen LogP contribution in [0.3, 0.4) is 0 Å². The molecule has 2 aromatic carbocycles. The van der Waals surface area contributed by atoms with Crippen molar-refractivity contribution >= 4 is 27.5 Å². The second-order valence-corrected chi connectivity index (χ2v) is 10.9. The first kappa shape index (κ1) is 28.2. The van der Waals surface area contributed by atoms with Gasteiger partial charge in [0, 0.05) is 13.1 Å². The zero-order valence-corrected chi connectivity index (χ0v) is 22.3. The van der Waals surface area contributed by atoms with E-state index in [4.69, 9.17) is 4.74 Å². The maximum absolute atomic E-state index is 13.7. The van der Waals surface area contributed by atoms with Gasteiger partial charge in [-0.3, -0.25) is 13.9 Å². The van der Waals surface area contributed by atoms with Crippen LogP contribution >= 0.6 is 0 Å². The third-order valence-electron chi connectivity index (χ3n) is 5.58. The van der Waals surface area contributed by atoms with Crippen LogP contribution in [0.15, 0.2) is 48.5 Å². The number of para-hydroxylation sites is 2. The highest BCUT2D eigenvalue weighted by atomic mass is 32.2. The second-order valence-electron chi connectivity index (χ2n) is 9.01. The Morgan fingerprint density at radius 3 is 2.23 bits per heavy atom. The molecule has 1 N–H and O–H groups in total. The lowest BCUT2D eigenvalue weighted by atomic mass is 10.1. The smallest absolute Gasteiger partial charge is 0.244 e. The van der Waals surface area contributed by atoms with Crippen molar-refractivity contribution in [2.24, 2.45) is 5.92 Å². The average Bonchev–Trinajstić information content (AvgIpc) is 2.81. The van der Waals surface area contributed by atoms with E-state index in [2.05, 4.69) is 5.32 Å². The Morgan fingerprint density at radius 1 is 1.06 bits per heavy atom. The molecule has 2 aromatic rings. The predicted octanol–water partition coefficient (Wildman–Crippen LogP) is 3.35. The molecule has 0 aliphatic carbocycles. The van der Waals surface area contributed by atoms with Gasteiger partial charge in [-0.15, -0.1) is 0 Å². The Balaban J connectivity index is 2.44. The number of nitrogens with one attached hydrogen (secondary N) is 1. The van der Waals surface area contributed by atoms with Gasteiger partial charge in [0.25, 0.3) is 0 Å². The highest BCUT2D eigenvalue weighted by Gasteiger charge is 2.32. The SMILES string of the molecule is CC[C@@H](C(=O)NCC(C)C)N(Cc1ccc(C)cc1)C(=O)CN(c1ccccc1OC)S(C)(=O)=O. The average molecular weight is 504 g/mol. The van der Waals surface area contributed by atoms with Gasteiger partial charge in [-0.2, -0.15) is 0 Å². The molecule has 2 rings (SSSR count). The lowest BCUT2D eigenvalue weighted by Crippen LogP contribution is -2.52. The van der Waals surface area contributed by atoms with E-state index in [9.17, 15) is 18.0 Å². The Bertz CT molecular complexity index is 1100. The Morgan fingerprint density at radius 2 is 1.69 bits per heavy atom. The topological polar surface area (TPSA) is 96.0 Å². The molecule has 0 spiro atoms. The number of carbonyl (C=O) groups is 2. The first-order valence-corrected chi connectivity index (χ1v) is 13.6. The zero-order valence-electron chi connectivity index (χ0n) is 21.4. The number of amides is 2. The normalized spacial score (nSPS) is 12.2. The van der Waals surface area contributed by atoms with Crippen molar-refractivity contribution in [3.05, 3.63) is 59.7 Å². The van der Waals surface area contributed by atoms with E-state index in [0.29, 0.717) is 18.7 Å². The number of sulfonamides is 1. The molecule has 0 saturated carbocycles. The third-order valence-corrected chi connectivity index (χ3v) is 6.70. The number of ether oxygens (including phenoxy) is 1. The maximum Gasteiger partial charge on any atom is 0.244 e. The van der Waals surface area contributed by atoms with Crippen LogP contribution in [0.25, 0.3) is 0 Å². The van der Waals surface area contributed by atoms with Crippen LogP contribution in [0, 0.1) is 12.8 Å². The summed E-state index contributed by atoms with van der Waals surface area (Å²) < 4.78 is 31.8. The summed E-state index contributed by atoms with van der Waals surface area (Å²) in [5.41, 5.74) is 2.19. The zero-order chi connectivity index (χ0) is 26.2. The minimum absolute atomic E-state index is 0.177. The molecule has 0 saturated heterocycles. The first-order valence-electron chi connectivity index (χ1n) is 11.7. The van der Waals surface area contributed by atoms with Gasteiger partial charge in [0.2, 0.25) is 21.8 Å². The Labute approximate surface area is 209 Å². The van der Waals surface area contributed by atoms with Crippen molar-refractivity contribution in [1.82, 2.24) is 10.2 Å². The Hall–Kier alpha value is -3.07. The van der Waals surface area contributed by atoms with Gasteiger partial charge in [-0.25, -0.2) is 8.42 Å². The Kier molecular flexibility index (Phi) is 10.1. The van der Waals surface area contributed by atoms with Gasteiger partial charge in [0.15, 0.2) is 0 Å². The summed E-state index contributed by atoms with van der Waals surface area (Å²) >= 11 is 0. The van der Waals surface area contributed by atoms with Gasteiger partial charge in [-0.05, 0) is 37.0 Å². The molecule has 0 unspecified atom stereocenters. The third kappa shape index (κ3) is 7.99. The van der Waals surface area contributed by atoms with Crippen molar-refractivity contribution in [1.29, 1.82) is 0 Å². The fourth-order valence-electron chi connectivity index (χ4n) is 3.66. The molecule has 0 aliphatic rings. The molecule has 0 bridgehead atoms. The van der Waals surface area contributed by atoms with Crippen molar-refractivity contribution in [2.45, 2.75) is 46.7 Å². The standard InChI is InChI=1S/C26H37N3O5S/c1-7-22(26(31)27-16-19(2)3)28(17-21-14-12-20(4)13-15-21)25(30)18-29(35(6,32)33)23-10-8-9-11-24(23)34-5/h8-15,19,22H,7,16-18H2,1-6H3,(H,27,31)/t22-/m0/s1. The van der Waals surface area contributed by atoms with Gasteiger partial charge in [-0.1, -0.05) is 62.7 Å². The number of nitrogens with zero attached hydrogens (tertiary/aromatic N) is 2. The number of hydrogen-bond acceptors (Lipinski definition) is 5. The molecule has 192 valence electrons. The second kappa shape index (κ2) is 12.6. The number of hydrogen-bond donors (Lipinski definition) is 1. The molecule has 0 fully saturated rings. The summed E-state index contributed by atoms with van der Waals surface area (Å²) in [5.74, 6) is -0.153. The van der Waals surface area contributed by atoms with E-state index in [1.54, 1.807) is 24.3 Å². The summed E-state index contributed by atoms with van der Waals surface area (Å²) in [7, 11) is -2.39. The molecule has 9 heteroatoms. The summed E-state index contributed by atoms with van der Waals surface area (Å²) in [4.78, 5) is 28.2. The quantitative estimate of drug-likeness (QED) is 0.479. The van der Waals surface area contributed by atoms with Crippen molar-refractivity contribution in [3.8, 4) is 5.75 Å². The van der Waals surface area contributed by atoms with E-state index in [-0.39, 0.29) is 24.1 Å². The predicted molar refractivity (Wildman–Crippen MR) is 139 cm³/mol. The van der Waals surface area contributed by atoms with Crippen molar-refractivity contribution < 1.29 is 22.7 Å². The van der Waals surface area contributed by atoms with E-state index in [1.165, 1.54) is 12.0 Å². The number of benzene rings is 2. The van der Waals surface area contributed by atoms with Crippen LogP contribution < -0.4 is 14.4 Å². The van der Waals surface area contributed by atoms with E-state index in [0.717, 1.165) is 21.7 Å². The number of carbonyl (C=O) groups excluding carboxylic acids is 2. The molecular formula is C26H37N3O5S. The van der Waals surface area contributed by atoms with Gasteiger partial charge in [0.1, 0.15) is 18.3 Å². The number of aryl methyl sites for hydroxylation is 1. The molecule has 35 heavy (non-hydrogen) atoms. The number of anilines is 1. The maximum atomic E-state index is 13.7. The van der Waals surface area contributed by atoms with Crippen molar-refractivity contribution in [3.63, 3.8) is 0 Å². The molecule has 0 radical (unpaired) electrons. The van der Waals surface area contributed by atoms with Crippen LogP contribution in [0.4, 0.5) is 5.69 Å². The molecule has 0 aromatic heterocycles. The summed E-state index contributed by atoms with van der Waals surface area (Å²) in [6, 6.07) is 13.6. The monoisotopic (exact) mass is 503 g/mol. The minimum Gasteiger partial charge on any atom is -0.495 e. The van der Waals surface area contributed by atoms with E-state index >= 15 is 0 Å². The van der Waals surface area contributed by atoms with Gasteiger partial charge < -0.3 is 15.0 Å². The van der Waals surface area contributed by atoms with Crippen LogP contribution in [0.2, 0.25) is 0 Å². The van der Waals surface area contributed by atoms with E-state index in [1.807, 2.05) is 52.0 Å². The molecular weight excluding hydrogens is 466 g/mol. The summed E-state index contributed by atoms with van der Waals surface area (Å²) in [5, 5.41) is 2.91. The number of methoxy groups -OCH3 is 1. The highest BCUT2D eigenvalue weighted by Crippen LogP contribution is 2.29. The van der Waals surface area contributed by atoms with Gasteiger partial charge >= 0.3 is 0 Å². The lowest BCUT2D eigenvalue weighted by Gasteiger charge is -2.33. The lowest BCUT2D eigenvalue weighted by molar-refractivity contribution is -0.140. The fraction of sp³-hybridized carbons (Fsp3) is 0.462. The first-order chi connectivity index (χ1) is 16.5. The largest absolute Gasteiger partial charge is 0.495 e. The van der Waals surface area contributed by atoms with Crippen molar-refractivity contribution in [2.75, 3.05) is 30.8 Å². The molecule has 1 atom stereocenters. The molecule has 0 heterocycles. The van der Waals surface area contributed by atoms with Gasteiger partial charge in [0.05, 0.1) is 19.1 Å². The van der Waals surface area contributed by atoms with Crippen LogP contribution in [0.5, 0.6) is 5.75 Å². The number of rotatable bonds is 12. The molecule has 0 aliphatic heterocycles. The van der Waals surface area contributed by atoms with E-state index < -0.39 is 28.5 Å². The molecule has 2 amide bonds.